The van der Waals surface area contributed by atoms with Crippen molar-refractivity contribution in [1.82, 2.24) is 35.7 Å². The van der Waals surface area contributed by atoms with Crippen molar-refractivity contribution in [3.63, 3.8) is 0 Å². The van der Waals surface area contributed by atoms with Crippen molar-refractivity contribution in [1.29, 1.82) is 5.26 Å². The van der Waals surface area contributed by atoms with E-state index in [2.05, 4.69) is 57.7 Å². The Morgan fingerprint density at radius 1 is 1.09 bits per heavy atom. The molecule has 3 aromatic rings. The van der Waals surface area contributed by atoms with E-state index in [-0.39, 0.29) is 29.8 Å². The molecule has 2 aliphatic rings. The molecule has 1 aromatic heterocycles. The topological polar surface area (TPSA) is 143 Å². The van der Waals surface area contributed by atoms with Crippen molar-refractivity contribution in [3.05, 3.63) is 75.0 Å². The molecule has 1 spiro atoms. The van der Waals surface area contributed by atoms with Crippen molar-refractivity contribution < 1.29 is 9.59 Å². The number of benzene rings is 2. The summed E-state index contributed by atoms with van der Waals surface area (Å²) in [5.74, 6) is -0.0783. The number of rotatable bonds is 9. The predicted octanol–water partition coefficient (Wildman–Crippen LogP) is 5.73. The van der Waals surface area contributed by atoms with E-state index in [4.69, 9.17) is 28.2 Å². The number of aliphatic imine (C=N–C) groups is 1. The Hall–Kier alpha value is -3.85. The quantitative estimate of drug-likeness (QED) is 0.298. The van der Waals surface area contributed by atoms with E-state index in [1.807, 2.05) is 30.9 Å². The number of halogens is 2. The highest BCUT2D eigenvalue weighted by Crippen LogP contribution is 2.45. The predicted molar refractivity (Wildman–Crippen MR) is 176 cm³/mol. The van der Waals surface area contributed by atoms with Crippen LogP contribution in [-0.2, 0) is 11.3 Å². The van der Waals surface area contributed by atoms with Gasteiger partial charge in [-0.25, -0.2) is 0 Å². The molecule has 0 saturated carbocycles. The van der Waals surface area contributed by atoms with Crippen LogP contribution in [0.2, 0.25) is 10.0 Å². The Balaban J connectivity index is 1.51. The van der Waals surface area contributed by atoms with Crippen LogP contribution in [0.1, 0.15) is 93.7 Å². The number of carbonyl (C=O) groups is 2. The molecule has 3 heterocycles. The Bertz CT molecular complexity index is 1630. The fourth-order valence-corrected chi connectivity index (χ4v) is 6.69. The van der Waals surface area contributed by atoms with E-state index in [0.717, 1.165) is 12.0 Å². The first-order valence-corrected chi connectivity index (χ1v) is 16.1. The third-order valence-corrected chi connectivity index (χ3v) is 9.22. The molecule has 5 rings (SSSR count). The molecule has 242 valence electrons. The van der Waals surface area contributed by atoms with Gasteiger partial charge in [0, 0.05) is 47.1 Å². The zero-order valence-electron chi connectivity index (χ0n) is 26.8. The molecule has 0 radical (unpaired) electrons. The minimum atomic E-state index is -0.827. The summed E-state index contributed by atoms with van der Waals surface area (Å²) < 4.78 is 0. The SMILES string of the molecule is CC(C)(C)CC[C@H](c1ccc(C(=O)NCc2nn[nH]n2)cc1)N1C(=O)C(c2cc(Cl)cc(Cl)c2)=NC12CCN(C(C)(C)C#N)CC2. The van der Waals surface area contributed by atoms with Crippen molar-refractivity contribution in [2.45, 2.75) is 84.1 Å². The van der Waals surface area contributed by atoms with Crippen molar-refractivity contribution in [2.24, 2.45) is 10.4 Å². The van der Waals surface area contributed by atoms with Crippen LogP contribution in [0.25, 0.3) is 0 Å². The van der Waals surface area contributed by atoms with Crippen molar-refractivity contribution >= 4 is 40.7 Å². The summed E-state index contributed by atoms with van der Waals surface area (Å²) in [6.45, 7) is 11.7. The van der Waals surface area contributed by atoms with Gasteiger partial charge in [0.25, 0.3) is 11.8 Å². The molecule has 1 fully saturated rings. The van der Waals surface area contributed by atoms with Crippen LogP contribution in [0.5, 0.6) is 0 Å². The van der Waals surface area contributed by atoms with Gasteiger partial charge in [0.15, 0.2) is 5.82 Å². The Labute approximate surface area is 279 Å². The maximum Gasteiger partial charge on any atom is 0.275 e. The number of amides is 2. The van der Waals surface area contributed by atoms with E-state index in [9.17, 15) is 14.9 Å². The maximum atomic E-state index is 14.6. The van der Waals surface area contributed by atoms with Crippen LogP contribution in [0.4, 0.5) is 0 Å². The first-order valence-electron chi connectivity index (χ1n) is 15.4. The van der Waals surface area contributed by atoms with Crippen molar-refractivity contribution in [2.75, 3.05) is 13.1 Å². The van der Waals surface area contributed by atoms with Gasteiger partial charge >= 0.3 is 0 Å². The highest BCUT2D eigenvalue weighted by Gasteiger charge is 2.53. The lowest BCUT2D eigenvalue weighted by Crippen LogP contribution is -2.58. The number of hydrogen-bond donors (Lipinski definition) is 2. The zero-order chi connectivity index (χ0) is 33.3. The number of tetrazole rings is 1. The molecule has 0 aliphatic carbocycles. The monoisotopic (exact) mass is 663 g/mol. The summed E-state index contributed by atoms with van der Waals surface area (Å²) in [6, 6.07) is 14.5. The van der Waals surface area contributed by atoms with Crippen LogP contribution in [0, 0.1) is 16.7 Å². The molecule has 2 amide bonds. The number of H-pyrrole nitrogens is 1. The summed E-state index contributed by atoms with van der Waals surface area (Å²) in [5.41, 5.74) is 0.824. The molecular weight excluding hydrogens is 625 g/mol. The van der Waals surface area contributed by atoms with Gasteiger partial charge in [-0.1, -0.05) is 61.3 Å². The Kier molecular flexibility index (Phi) is 9.55. The molecule has 1 atom stereocenters. The highest BCUT2D eigenvalue weighted by atomic mass is 35.5. The summed E-state index contributed by atoms with van der Waals surface area (Å²) >= 11 is 12.8. The van der Waals surface area contributed by atoms with Gasteiger partial charge in [-0.3, -0.25) is 19.5 Å². The standard InChI is InChI=1S/C33H39Cl2N9O2/c1-31(2,3)11-10-26(21-6-8-22(9-7-21)29(45)37-19-27-39-41-42-40-27)44-30(46)28(23-16-24(34)18-25(35)17-23)38-33(44)12-14-43(15-13-33)32(4,5)20-36/h6-9,16-18,26H,10-15,19H2,1-5H3,(H,37,45)(H,39,40,41,42)/t26-/m1/s1. The van der Waals surface area contributed by atoms with E-state index < -0.39 is 11.2 Å². The minimum absolute atomic E-state index is 0.00746. The smallest absolute Gasteiger partial charge is 0.275 e. The Morgan fingerprint density at radius 3 is 2.30 bits per heavy atom. The molecule has 46 heavy (non-hydrogen) atoms. The van der Waals surface area contributed by atoms with Crippen LogP contribution in [-0.4, -0.2) is 72.2 Å². The maximum absolute atomic E-state index is 14.6. The molecule has 13 heteroatoms. The fourth-order valence-electron chi connectivity index (χ4n) is 6.16. The molecule has 1 saturated heterocycles. The minimum Gasteiger partial charge on any atom is -0.345 e. The number of nitriles is 1. The molecule has 2 N–H and O–H groups in total. The second-order valence-electron chi connectivity index (χ2n) is 13.7. The first kappa shape index (κ1) is 33.5. The van der Waals surface area contributed by atoms with Crippen LogP contribution in [0.15, 0.2) is 47.5 Å². The van der Waals surface area contributed by atoms with E-state index in [1.54, 1.807) is 30.3 Å². The lowest BCUT2D eigenvalue weighted by atomic mass is 9.84. The number of hydrogen-bond acceptors (Lipinski definition) is 8. The average Bonchev–Trinajstić information content (AvgIpc) is 3.62. The van der Waals surface area contributed by atoms with Gasteiger partial charge in [-0.05, 0) is 68.0 Å². The van der Waals surface area contributed by atoms with E-state index >= 15 is 0 Å². The number of carbonyl (C=O) groups excluding carboxylic acids is 2. The zero-order valence-corrected chi connectivity index (χ0v) is 28.3. The summed E-state index contributed by atoms with van der Waals surface area (Å²) in [7, 11) is 0. The van der Waals surface area contributed by atoms with Gasteiger partial charge in [-0.15, -0.1) is 10.2 Å². The molecule has 0 bridgehead atoms. The molecule has 11 nitrogen and oxygen atoms in total. The normalized spacial score (nSPS) is 17.6. The van der Waals surface area contributed by atoms with Crippen LogP contribution >= 0.6 is 23.2 Å². The number of aromatic amines is 1. The van der Waals surface area contributed by atoms with E-state index in [0.29, 0.717) is 65.1 Å². The van der Waals surface area contributed by atoms with Gasteiger partial charge in [0.1, 0.15) is 16.9 Å². The third-order valence-electron chi connectivity index (χ3n) is 8.79. The first-order chi connectivity index (χ1) is 21.7. The number of nitrogens with one attached hydrogen (secondary N) is 2. The molecule has 2 aliphatic heterocycles. The fraction of sp³-hybridized carbons (Fsp3) is 0.485. The number of aromatic nitrogens is 4. The van der Waals surface area contributed by atoms with Gasteiger partial charge in [0.05, 0.1) is 18.7 Å². The number of nitrogens with zero attached hydrogens (tertiary/aromatic N) is 7. The summed E-state index contributed by atoms with van der Waals surface area (Å²) in [6.07, 6.45) is 2.65. The van der Waals surface area contributed by atoms with Crippen molar-refractivity contribution in [3.8, 4) is 6.07 Å². The lowest BCUT2D eigenvalue weighted by Gasteiger charge is -2.48. The van der Waals surface area contributed by atoms with Crippen LogP contribution < -0.4 is 5.32 Å². The van der Waals surface area contributed by atoms with Crippen LogP contribution in [0.3, 0.4) is 0 Å². The van der Waals surface area contributed by atoms with Gasteiger partial charge in [-0.2, -0.15) is 10.5 Å². The Morgan fingerprint density at radius 2 is 1.74 bits per heavy atom. The number of likely N-dealkylation sites (tertiary alicyclic amines) is 1. The summed E-state index contributed by atoms with van der Waals surface area (Å²) in [5, 5.41) is 27.1. The second-order valence-corrected chi connectivity index (χ2v) is 14.6. The number of piperidine rings is 1. The lowest BCUT2D eigenvalue weighted by molar-refractivity contribution is -0.134. The van der Waals surface area contributed by atoms with E-state index in [1.165, 1.54) is 0 Å². The molecule has 2 aromatic carbocycles. The largest absolute Gasteiger partial charge is 0.345 e. The third kappa shape index (κ3) is 7.25. The molecular formula is C33H39Cl2N9O2. The van der Waals surface area contributed by atoms with Gasteiger partial charge in [0.2, 0.25) is 0 Å². The molecule has 0 unspecified atom stereocenters. The summed E-state index contributed by atoms with van der Waals surface area (Å²) in [4.78, 5) is 36.8. The van der Waals surface area contributed by atoms with Gasteiger partial charge < -0.3 is 10.2 Å². The second kappa shape index (κ2) is 13.1. The average molecular weight is 665 g/mol. The highest BCUT2D eigenvalue weighted by molar-refractivity contribution is 6.47.